The van der Waals surface area contributed by atoms with Crippen LogP contribution in [0.15, 0.2) is 55.2 Å². The van der Waals surface area contributed by atoms with Gasteiger partial charge in [-0.05, 0) is 31.5 Å². The Balaban J connectivity index is 1.56. The molecule has 0 aliphatic carbocycles. The van der Waals surface area contributed by atoms with Gasteiger partial charge < -0.3 is 5.11 Å². The second-order valence-corrected chi connectivity index (χ2v) is 6.73. The summed E-state index contributed by atoms with van der Waals surface area (Å²) in [7, 11) is 0. The molecule has 27 heavy (non-hydrogen) atoms. The molecule has 0 bridgehead atoms. The molecule has 4 rings (SSSR count). The molecular weight excluding hydrogens is 342 g/mol. The van der Waals surface area contributed by atoms with Gasteiger partial charge in [0.05, 0.1) is 29.2 Å². The van der Waals surface area contributed by atoms with Gasteiger partial charge in [-0.1, -0.05) is 18.6 Å². The van der Waals surface area contributed by atoms with Crippen molar-refractivity contribution in [3.63, 3.8) is 0 Å². The number of piperidine rings is 1. The van der Waals surface area contributed by atoms with Gasteiger partial charge in [0.25, 0.3) is 0 Å². The Bertz CT molecular complexity index is 925. The molecule has 0 spiro atoms. The molecule has 0 unspecified atom stereocenters. The van der Waals surface area contributed by atoms with Gasteiger partial charge >= 0.3 is 5.97 Å². The van der Waals surface area contributed by atoms with E-state index < -0.39 is 5.97 Å². The highest BCUT2D eigenvalue weighted by Crippen LogP contribution is 2.30. The number of aromatic carboxylic acids is 1. The van der Waals surface area contributed by atoms with Crippen LogP contribution >= 0.6 is 0 Å². The number of hydrogen-bond donors (Lipinski definition) is 1. The number of hydrogen-bond acceptors (Lipinski definition) is 5. The third-order valence-electron chi connectivity index (χ3n) is 4.94. The first-order valence-electron chi connectivity index (χ1n) is 9.08. The fraction of sp³-hybridized carbons (Fsp3) is 0.300. The number of nitrogens with zero attached hydrogens (tertiary/aromatic N) is 5. The van der Waals surface area contributed by atoms with Crippen LogP contribution in [0.2, 0.25) is 0 Å². The fourth-order valence-corrected chi connectivity index (χ4v) is 3.66. The smallest absolute Gasteiger partial charge is 0.337 e. The van der Waals surface area contributed by atoms with E-state index in [-0.39, 0.29) is 11.6 Å². The van der Waals surface area contributed by atoms with Crippen molar-refractivity contribution in [1.29, 1.82) is 0 Å². The van der Waals surface area contributed by atoms with E-state index in [0.29, 0.717) is 5.69 Å². The number of rotatable bonds is 5. The molecule has 0 amide bonds. The van der Waals surface area contributed by atoms with Crippen LogP contribution < -0.4 is 0 Å². The molecule has 1 saturated heterocycles. The van der Waals surface area contributed by atoms with E-state index in [9.17, 15) is 9.90 Å². The second kappa shape index (κ2) is 7.67. The van der Waals surface area contributed by atoms with Crippen LogP contribution in [0.1, 0.15) is 46.9 Å². The maximum atomic E-state index is 11.5. The number of likely N-dealkylation sites (tertiary alicyclic amines) is 1. The van der Waals surface area contributed by atoms with Crippen LogP contribution in [0.4, 0.5) is 0 Å². The van der Waals surface area contributed by atoms with Gasteiger partial charge in [-0.15, -0.1) is 0 Å². The average molecular weight is 363 g/mol. The number of aromatic nitrogens is 4. The summed E-state index contributed by atoms with van der Waals surface area (Å²) in [6, 6.07) is 7.15. The molecule has 1 aliphatic rings. The quantitative estimate of drug-likeness (QED) is 0.750. The number of para-hydroxylation sites is 1. The molecule has 0 saturated carbocycles. The first-order chi connectivity index (χ1) is 13.2. The minimum atomic E-state index is -0.957. The summed E-state index contributed by atoms with van der Waals surface area (Å²) < 4.78 is 1.64. The Morgan fingerprint density at radius 3 is 2.89 bits per heavy atom. The summed E-state index contributed by atoms with van der Waals surface area (Å²) in [5.41, 5.74) is 2.86. The van der Waals surface area contributed by atoms with Crippen molar-refractivity contribution in [3.8, 4) is 5.69 Å². The van der Waals surface area contributed by atoms with Crippen LogP contribution in [0.3, 0.4) is 0 Å². The third kappa shape index (κ3) is 3.73. The van der Waals surface area contributed by atoms with Gasteiger partial charge in [0.15, 0.2) is 0 Å². The zero-order valence-electron chi connectivity index (χ0n) is 14.9. The van der Waals surface area contributed by atoms with E-state index in [1.807, 2.05) is 18.5 Å². The van der Waals surface area contributed by atoms with Gasteiger partial charge in [-0.2, -0.15) is 5.10 Å². The third-order valence-corrected chi connectivity index (χ3v) is 4.94. The molecule has 3 heterocycles. The van der Waals surface area contributed by atoms with Crippen molar-refractivity contribution in [3.05, 3.63) is 72.1 Å². The number of carboxylic acids is 1. The van der Waals surface area contributed by atoms with Gasteiger partial charge in [0, 0.05) is 36.9 Å². The van der Waals surface area contributed by atoms with E-state index in [1.165, 1.54) is 6.42 Å². The first-order valence-corrected chi connectivity index (χ1v) is 9.08. The molecule has 1 N–H and O–H groups in total. The van der Waals surface area contributed by atoms with E-state index >= 15 is 0 Å². The van der Waals surface area contributed by atoms with E-state index in [1.54, 1.807) is 41.5 Å². The monoisotopic (exact) mass is 363 g/mol. The number of benzene rings is 1. The highest BCUT2D eigenvalue weighted by Gasteiger charge is 2.25. The lowest BCUT2D eigenvalue weighted by Crippen LogP contribution is -2.33. The molecule has 1 aromatic carbocycles. The molecular formula is C20H21N5O2. The standard InChI is InChI=1S/C20H21N5O2/c26-20(27)16-5-1-2-6-18(16)25-14-15(11-23-25)13-24-10-4-3-7-19(24)17-12-21-8-9-22-17/h1-2,5-6,8-9,11-12,14,19H,3-4,7,10,13H2,(H,26,27)/t19-/m0/s1. The first kappa shape index (κ1) is 17.4. The van der Waals surface area contributed by atoms with Gasteiger partial charge in [-0.3, -0.25) is 14.9 Å². The second-order valence-electron chi connectivity index (χ2n) is 6.73. The zero-order chi connectivity index (χ0) is 18.6. The van der Waals surface area contributed by atoms with Crippen molar-refractivity contribution in [2.24, 2.45) is 0 Å². The Hall–Kier alpha value is -3.06. The zero-order valence-corrected chi connectivity index (χ0v) is 14.9. The average Bonchev–Trinajstić information content (AvgIpc) is 3.17. The Morgan fingerprint density at radius 1 is 1.19 bits per heavy atom. The van der Waals surface area contributed by atoms with Gasteiger partial charge in [0.1, 0.15) is 0 Å². The van der Waals surface area contributed by atoms with E-state index in [0.717, 1.165) is 37.2 Å². The summed E-state index contributed by atoms with van der Waals surface area (Å²) in [5, 5.41) is 13.8. The lowest BCUT2D eigenvalue weighted by Gasteiger charge is -2.34. The normalized spacial score (nSPS) is 17.7. The van der Waals surface area contributed by atoms with Gasteiger partial charge in [0.2, 0.25) is 0 Å². The van der Waals surface area contributed by atoms with Crippen LogP contribution in [-0.2, 0) is 6.54 Å². The van der Waals surface area contributed by atoms with E-state index in [4.69, 9.17) is 0 Å². The summed E-state index contributed by atoms with van der Waals surface area (Å²) >= 11 is 0. The van der Waals surface area contributed by atoms with Crippen LogP contribution in [0, 0.1) is 0 Å². The minimum Gasteiger partial charge on any atom is -0.478 e. The SMILES string of the molecule is O=C(O)c1ccccc1-n1cc(CN2CCCC[C@H]2c2cnccn2)cn1. The van der Waals surface area contributed by atoms with Crippen molar-refractivity contribution < 1.29 is 9.90 Å². The fourth-order valence-electron chi connectivity index (χ4n) is 3.66. The maximum absolute atomic E-state index is 11.5. The van der Waals surface area contributed by atoms with Crippen LogP contribution in [0.5, 0.6) is 0 Å². The summed E-state index contributed by atoms with van der Waals surface area (Å²) in [4.78, 5) is 22.6. The van der Waals surface area contributed by atoms with Crippen molar-refractivity contribution in [2.75, 3.05) is 6.54 Å². The maximum Gasteiger partial charge on any atom is 0.337 e. The molecule has 1 atom stereocenters. The molecule has 1 fully saturated rings. The topological polar surface area (TPSA) is 84.1 Å². The van der Waals surface area contributed by atoms with Crippen molar-refractivity contribution >= 4 is 5.97 Å². The highest BCUT2D eigenvalue weighted by atomic mass is 16.4. The molecule has 3 aromatic rings. The lowest BCUT2D eigenvalue weighted by molar-refractivity contribution is 0.0696. The lowest BCUT2D eigenvalue weighted by atomic mass is 9.99. The Morgan fingerprint density at radius 2 is 2.07 bits per heavy atom. The predicted octanol–water partition coefficient (Wildman–Crippen LogP) is 3.09. The number of carbonyl (C=O) groups is 1. The summed E-state index contributed by atoms with van der Waals surface area (Å²) in [5.74, 6) is -0.957. The molecule has 1 aliphatic heterocycles. The Labute approximate surface area is 157 Å². The highest BCUT2D eigenvalue weighted by molar-refractivity contribution is 5.91. The predicted molar refractivity (Wildman–Crippen MR) is 99.6 cm³/mol. The largest absolute Gasteiger partial charge is 0.478 e. The minimum absolute atomic E-state index is 0.238. The molecule has 2 aromatic heterocycles. The van der Waals surface area contributed by atoms with E-state index in [2.05, 4.69) is 20.0 Å². The number of carboxylic acid groups (broad SMARTS) is 1. The Kier molecular flexibility index (Phi) is 4.93. The molecule has 138 valence electrons. The van der Waals surface area contributed by atoms with Gasteiger partial charge in [-0.25, -0.2) is 9.48 Å². The van der Waals surface area contributed by atoms with Crippen molar-refractivity contribution in [1.82, 2.24) is 24.6 Å². The molecule has 7 nitrogen and oxygen atoms in total. The molecule has 0 radical (unpaired) electrons. The van der Waals surface area contributed by atoms with Crippen molar-refractivity contribution in [2.45, 2.75) is 31.8 Å². The van der Waals surface area contributed by atoms with Crippen LogP contribution in [-0.4, -0.2) is 42.3 Å². The summed E-state index contributed by atoms with van der Waals surface area (Å²) in [6.45, 7) is 1.74. The van der Waals surface area contributed by atoms with Crippen LogP contribution in [0.25, 0.3) is 5.69 Å². The molecule has 7 heteroatoms. The summed E-state index contributed by atoms with van der Waals surface area (Å²) in [6.07, 6.45) is 12.4.